The Bertz CT molecular complexity index is 1230. The predicted molar refractivity (Wildman–Crippen MR) is 123 cm³/mol. The molecule has 1 N–H and O–H groups in total. The van der Waals surface area contributed by atoms with Crippen LogP contribution in [-0.2, 0) is 9.53 Å². The highest BCUT2D eigenvalue weighted by molar-refractivity contribution is 6.39. The number of nitrogens with one attached hydrogen (secondary N) is 1. The molecule has 0 saturated heterocycles. The fraction of sp³-hybridized carbons (Fsp3) is 0.320. The quantitative estimate of drug-likeness (QED) is 0.511. The van der Waals surface area contributed by atoms with Crippen molar-refractivity contribution in [3.05, 3.63) is 64.2 Å². The molecule has 2 aliphatic rings. The van der Waals surface area contributed by atoms with Crippen LogP contribution in [0.25, 0.3) is 0 Å². The standard InChI is InChI=1S/C25H22ClN3O5/c1-15(21(30)28-25(14-27)11-5-2-6-12-25)34-24(33)16-9-10-17-18(13-16)23(32)29(22(17)31)20-8-4-3-7-19(20)26/h3-4,7-10,13,15H,2,5-6,11-12H2,1H3,(H,28,30)/t15-/m0/s1. The number of benzene rings is 2. The molecule has 0 radical (unpaired) electrons. The number of anilines is 1. The van der Waals surface area contributed by atoms with E-state index in [1.165, 1.54) is 25.1 Å². The van der Waals surface area contributed by atoms with Gasteiger partial charge in [-0.25, -0.2) is 9.69 Å². The Hall–Kier alpha value is -3.70. The third-order valence-corrected chi connectivity index (χ3v) is 6.47. The number of nitriles is 1. The summed E-state index contributed by atoms with van der Waals surface area (Å²) in [5.74, 6) is -2.54. The summed E-state index contributed by atoms with van der Waals surface area (Å²) in [6, 6.07) is 12.7. The number of ether oxygens (including phenoxy) is 1. The van der Waals surface area contributed by atoms with E-state index in [9.17, 15) is 24.4 Å². The topological polar surface area (TPSA) is 117 Å². The largest absolute Gasteiger partial charge is 0.449 e. The van der Waals surface area contributed by atoms with E-state index in [2.05, 4.69) is 11.4 Å². The van der Waals surface area contributed by atoms with Gasteiger partial charge in [0, 0.05) is 0 Å². The Balaban J connectivity index is 1.48. The third-order valence-electron chi connectivity index (χ3n) is 6.15. The Morgan fingerprint density at radius 2 is 1.76 bits per heavy atom. The lowest BCUT2D eigenvalue weighted by molar-refractivity contribution is -0.130. The molecule has 2 aromatic carbocycles. The number of rotatable bonds is 5. The molecule has 3 amide bonds. The fourth-order valence-electron chi connectivity index (χ4n) is 4.26. The van der Waals surface area contributed by atoms with Crippen molar-refractivity contribution in [1.29, 1.82) is 5.26 Å². The van der Waals surface area contributed by atoms with Crippen LogP contribution in [-0.4, -0.2) is 35.3 Å². The predicted octanol–water partition coefficient (Wildman–Crippen LogP) is 4.03. The first-order chi connectivity index (χ1) is 16.3. The smallest absolute Gasteiger partial charge is 0.338 e. The van der Waals surface area contributed by atoms with Crippen molar-refractivity contribution >= 4 is 41.0 Å². The van der Waals surface area contributed by atoms with E-state index >= 15 is 0 Å². The molecule has 1 heterocycles. The van der Waals surface area contributed by atoms with Gasteiger partial charge in [0.1, 0.15) is 5.54 Å². The maximum Gasteiger partial charge on any atom is 0.338 e. The number of nitrogens with zero attached hydrogens (tertiary/aromatic N) is 2. The van der Waals surface area contributed by atoms with Gasteiger partial charge in [0.05, 0.1) is 33.5 Å². The van der Waals surface area contributed by atoms with E-state index in [-0.39, 0.29) is 27.4 Å². The maximum absolute atomic E-state index is 13.0. The molecular formula is C25H22ClN3O5. The van der Waals surface area contributed by atoms with E-state index in [0.717, 1.165) is 24.2 Å². The van der Waals surface area contributed by atoms with Crippen LogP contribution >= 0.6 is 11.6 Å². The van der Waals surface area contributed by atoms with E-state index < -0.39 is 35.3 Å². The Morgan fingerprint density at radius 3 is 2.44 bits per heavy atom. The molecule has 1 aliphatic carbocycles. The summed E-state index contributed by atoms with van der Waals surface area (Å²) in [5.41, 5.74) is -0.492. The monoisotopic (exact) mass is 479 g/mol. The Morgan fingerprint density at radius 1 is 1.09 bits per heavy atom. The van der Waals surface area contributed by atoms with Crippen molar-refractivity contribution in [3.8, 4) is 6.07 Å². The van der Waals surface area contributed by atoms with Gasteiger partial charge < -0.3 is 10.1 Å². The molecule has 0 aromatic heterocycles. The number of hydrogen-bond donors (Lipinski definition) is 1. The van der Waals surface area contributed by atoms with Gasteiger partial charge in [-0.1, -0.05) is 43.0 Å². The first-order valence-electron chi connectivity index (χ1n) is 11.0. The fourth-order valence-corrected chi connectivity index (χ4v) is 4.48. The molecule has 174 valence electrons. The first-order valence-corrected chi connectivity index (χ1v) is 11.4. The average molecular weight is 480 g/mol. The second kappa shape index (κ2) is 9.27. The van der Waals surface area contributed by atoms with Crippen LogP contribution in [0.15, 0.2) is 42.5 Å². The molecule has 34 heavy (non-hydrogen) atoms. The normalized spacial score (nSPS) is 17.5. The number of carbonyl (C=O) groups excluding carboxylic acids is 4. The summed E-state index contributed by atoms with van der Waals surface area (Å²) in [7, 11) is 0. The molecule has 8 nitrogen and oxygen atoms in total. The highest BCUT2D eigenvalue weighted by atomic mass is 35.5. The zero-order chi connectivity index (χ0) is 24.5. The van der Waals surface area contributed by atoms with Crippen molar-refractivity contribution in [1.82, 2.24) is 5.32 Å². The molecule has 4 rings (SSSR count). The number of imide groups is 1. The minimum Gasteiger partial charge on any atom is -0.449 e. The molecular weight excluding hydrogens is 458 g/mol. The van der Waals surface area contributed by atoms with Gasteiger partial charge in [0.25, 0.3) is 17.7 Å². The number of esters is 1. The summed E-state index contributed by atoms with van der Waals surface area (Å²) in [4.78, 5) is 52.0. The van der Waals surface area contributed by atoms with Crippen molar-refractivity contribution in [2.75, 3.05) is 4.90 Å². The van der Waals surface area contributed by atoms with Gasteiger partial charge in [-0.15, -0.1) is 0 Å². The zero-order valence-corrected chi connectivity index (χ0v) is 19.2. The van der Waals surface area contributed by atoms with Crippen molar-refractivity contribution in [2.24, 2.45) is 0 Å². The average Bonchev–Trinajstić information content (AvgIpc) is 3.09. The van der Waals surface area contributed by atoms with Crippen LogP contribution in [0.5, 0.6) is 0 Å². The lowest BCUT2D eigenvalue weighted by Crippen LogP contribution is -2.52. The van der Waals surface area contributed by atoms with E-state index in [1.807, 2.05) is 0 Å². The number of para-hydroxylation sites is 1. The Kier molecular flexibility index (Phi) is 6.40. The second-order valence-corrected chi connectivity index (χ2v) is 8.86. The van der Waals surface area contributed by atoms with Crippen molar-refractivity contribution < 1.29 is 23.9 Å². The van der Waals surface area contributed by atoms with Crippen LogP contribution < -0.4 is 10.2 Å². The third kappa shape index (κ3) is 4.27. The molecule has 0 bridgehead atoms. The SMILES string of the molecule is C[C@H](OC(=O)c1ccc2c(c1)C(=O)N(c1ccccc1Cl)C2=O)C(=O)NC1(C#N)CCCCC1. The van der Waals surface area contributed by atoms with Crippen LogP contribution in [0, 0.1) is 11.3 Å². The minimum atomic E-state index is -1.15. The first kappa shape index (κ1) is 23.5. The highest BCUT2D eigenvalue weighted by Gasteiger charge is 2.39. The second-order valence-electron chi connectivity index (χ2n) is 8.45. The molecule has 9 heteroatoms. The van der Waals surface area contributed by atoms with Gasteiger partial charge in [-0.3, -0.25) is 14.4 Å². The van der Waals surface area contributed by atoms with Crippen molar-refractivity contribution in [2.45, 2.75) is 50.7 Å². The number of hydrogen-bond acceptors (Lipinski definition) is 6. The van der Waals surface area contributed by atoms with E-state index in [4.69, 9.17) is 16.3 Å². The van der Waals surface area contributed by atoms with Crippen LogP contribution in [0.2, 0.25) is 5.02 Å². The van der Waals surface area contributed by atoms with Crippen LogP contribution in [0.4, 0.5) is 5.69 Å². The summed E-state index contributed by atoms with van der Waals surface area (Å²) < 4.78 is 5.29. The number of carbonyl (C=O) groups is 4. The molecule has 1 fully saturated rings. The van der Waals surface area contributed by atoms with Crippen molar-refractivity contribution in [3.63, 3.8) is 0 Å². The van der Waals surface area contributed by atoms with Gasteiger partial charge in [0.15, 0.2) is 6.10 Å². The number of halogens is 1. The van der Waals surface area contributed by atoms with Gasteiger partial charge in [-0.05, 0) is 50.1 Å². The van der Waals surface area contributed by atoms with Crippen LogP contribution in [0.3, 0.4) is 0 Å². The van der Waals surface area contributed by atoms with Gasteiger partial charge >= 0.3 is 5.97 Å². The molecule has 0 spiro atoms. The molecule has 2 aromatic rings. The highest BCUT2D eigenvalue weighted by Crippen LogP contribution is 2.33. The Labute approximate surface area is 201 Å². The summed E-state index contributed by atoms with van der Waals surface area (Å²) in [6.07, 6.45) is 2.66. The van der Waals surface area contributed by atoms with Crippen LogP contribution in [0.1, 0.15) is 70.1 Å². The van der Waals surface area contributed by atoms with Gasteiger partial charge in [-0.2, -0.15) is 5.26 Å². The lowest BCUT2D eigenvalue weighted by Gasteiger charge is -2.32. The molecule has 1 aliphatic heterocycles. The summed E-state index contributed by atoms with van der Waals surface area (Å²) in [5, 5.41) is 12.5. The maximum atomic E-state index is 13.0. The minimum absolute atomic E-state index is 0.0215. The van der Waals surface area contributed by atoms with E-state index in [1.54, 1.807) is 24.3 Å². The molecule has 0 unspecified atom stereocenters. The summed E-state index contributed by atoms with van der Waals surface area (Å²) in [6.45, 7) is 1.42. The zero-order valence-electron chi connectivity index (χ0n) is 18.5. The molecule has 1 atom stereocenters. The molecule has 1 saturated carbocycles. The lowest BCUT2D eigenvalue weighted by atomic mass is 9.83. The number of fused-ring (bicyclic) bond motifs is 1. The van der Waals surface area contributed by atoms with Gasteiger partial charge in [0.2, 0.25) is 0 Å². The summed E-state index contributed by atoms with van der Waals surface area (Å²) >= 11 is 6.16. The number of amides is 3. The van der Waals surface area contributed by atoms with E-state index in [0.29, 0.717) is 12.8 Å².